The molecule has 0 radical (unpaired) electrons. The van der Waals surface area contributed by atoms with Crippen molar-refractivity contribution in [1.82, 2.24) is 10.6 Å². The highest BCUT2D eigenvalue weighted by atomic mass is 16.5. The van der Waals surface area contributed by atoms with Crippen LogP contribution in [0.15, 0.2) is 0 Å². The highest BCUT2D eigenvalue weighted by molar-refractivity contribution is 5.87. The van der Waals surface area contributed by atoms with Crippen molar-refractivity contribution in [2.75, 3.05) is 19.8 Å². The van der Waals surface area contributed by atoms with Crippen LogP contribution in [0.5, 0.6) is 0 Å². The molecule has 1 fully saturated rings. The summed E-state index contributed by atoms with van der Waals surface area (Å²) in [5.74, 6) is 2.29. The zero-order valence-corrected chi connectivity index (χ0v) is 11.8. The van der Waals surface area contributed by atoms with Crippen LogP contribution in [0.25, 0.3) is 0 Å². The minimum absolute atomic E-state index is 0.0537. The summed E-state index contributed by atoms with van der Waals surface area (Å²) in [6.45, 7) is 6.58. The van der Waals surface area contributed by atoms with Crippen molar-refractivity contribution in [3.05, 3.63) is 0 Å². The van der Waals surface area contributed by atoms with Crippen molar-refractivity contribution in [2.24, 2.45) is 11.3 Å². The fourth-order valence-electron chi connectivity index (χ4n) is 1.76. The second-order valence-electron chi connectivity index (χ2n) is 5.77. The van der Waals surface area contributed by atoms with Gasteiger partial charge in [0.25, 0.3) is 0 Å². The molecule has 2 atom stereocenters. The minimum Gasteiger partial charge on any atom is -0.381 e. The third kappa shape index (κ3) is 4.92. The van der Waals surface area contributed by atoms with Gasteiger partial charge in [0.2, 0.25) is 11.8 Å². The fraction of sp³-hybridized carbons (Fsp3) is 0.714. The molecule has 2 N–H and O–H groups in total. The summed E-state index contributed by atoms with van der Waals surface area (Å²) in [6.07, 6.45) is 6.27. The molecule has 5 heteroatoms. The Morgan fingerprint density at radius 3 is 2.63 bits per heavy atom. The molecule has 0 bridgehead atoms. The monoisotopic (exact) mass is 266 g/mol. The molecule has 19 heavy (non-hydrogen) atoms. The quantitative estimate of drug-likeness (QED) is 0.719. The molecule has 0 spiro atoms. The van der Waals surface area contributed by atoms with Crippen LogP contribution in [0.3, 0.4) is 0 Å². The second kappa shape index (κ2) is 6.58. The van der Waals surface area contributed by atoms with Crippen LogP contribution in [-0.4, -0.2) is 37.6 Å². The van der Waals surface area contributed by atoms with E-state index in [1.165, 1.54) is 0 Å². The van der Waals surface area contributed by atoms with E-state index in [1.54, 1.807) is 20.8 Å². The van der Waals surface area contributed by atoms with E-state index in [9.17, 15) is 9.59 Å². The van der Waals surface area contributed by atoms with Gasteiger partial charge < -0.3 is 15.4 Å². The van der Waals surface area contributed by atoms with Crippen LogP contribution in [0.2, 0.25) is 0 Å². The Labute approximate surface area is 114 Å². The number of rotatable bonds is 4. The Morgan fingerprint density at radius 1 is 1.47 bits per heavy atom. The van der Waals surface area contributed by atoms with Crippen LogP contribution in [0, 0.1) is 23.7 Å². The maximum atomic E-state index is 11.7. The smallest absolute Gasteiger partial charge is 0.240 e. The summed E-state index contributed by atoms with van der Waals surface area (Å²) in [5.41, 5.74) is -0.509. The molecule has 1 aliphatic rings. The van der Waals surface area contributed by atoms with Gasteiger partial charge in [-0.1, -0.05) is 26.7 Å². The van der Waals surface area contributed by atoms with E-state index in [0.29, 0.717) is 13.2 Å². The van der Waals surface area contributed by atoms with Crippen molar-refractivity contribution in [2.45, 2.75) is 33.2 Å². The first-order chi connectivity index (χ1) is 8.84. The van der Waals surface area contributed by atoms with Gasteiger partial charge in [-0.15, -0.1) is 6.42 Å². The van der Waals surface area contributed by atoms with Crippen molar-refractivity contribution in [3.63, 3.8) is 0 Å². The first-order valence-corrected chi connectivity index (χ1v) is 6.46. The van der Waals surface area contributed by atoms with Crippen molar-refractivity contribution >= 4 is 11.8 Å². The van der Waals surface area contributed by atoms with Crippen molar-refractivity contribution in [1.29, 1.82) is 0 Å². The first kappa shape index (κ1) is 15.5. The average molecular weight is 266 g/mol. The van der Waals surface area contributed by atoms with E-state index >= 15 is 0 Å². The van der Waals surface area contributed by atoms with Crippen molar-refractivity contribution < 1.29 is 14.3 Å². The maximum absolute atomic E-state index is 11.7. The van der Waals surface area contributed by atoms with Gasteiger partial charge in [0.15, 0.2) is 0 Å². The Balaban J connectivity index is 2.38. The van der Waals surface area contributed by atoms with Gasteiger partial charge in [0.05, 0.1) is 19.2 Å². The third-order valence-electron chi connectivity index (χ3n) is 3.02. The SMILES string of the molecule is C#C[C@@H](NC(=O)CNC(=O)C(C)(C)C)[C@H]1CCOC1. The predicted octanol–water partition coefficient (Wildman–Crippen LogP) is 0.303. The molecule has 2 amide bonds. The molecular formula is C14H22N2O3. The van der Waals surface area contributed by atoms with Crippen LogP contribution in [-0.2, 0) is 14.3 Å². The minimum atomic E-state index is -0.509. The van der Waals surface area contributed by atoms with Gasteiger partial charge in [-0.25, -0.2) is 0 Å². The number of hydrogen-bond acceptors (Lipinski definition) is 3. The lowest BCUT2D eigenvalue weighted by atomic mass is 9.96. The number of nitrogens with one attached hydrogen (secondary N) is 2. The van der Waals surface area contributed by atoms with E-state index in [-0.39, 0.29) is 30.3 Å². The molecule has 5 nitrogen and oxygen atoms in total. The predicted molar refractivity (Wildman–Crippen MR) is 72.2 cm³/mol. The maximum Gasteiger partial charge on any atom is 0.240 e. The van der Waals surface area contributed by atoms with E-state index < -0.39 is 5.41 Å². The standard InChI is InChI=1S/C14H22N2O3/c1-5-11(10-6-7-19-9-10)16-12(17)8-15-13(18)14(2,3)4/h1,10-11H,6-9H2,2-4H3,(H,15,18)(H,16,17)/t10-,11+/m0/s1. The molecule has 0 aromatic carbocycles. The lowest BCUT2D eigenvalue weighted by Gasteiger charge is -2.20. The number of terminal acetylenes is 1. The molecule has 0 aromatic rings. The van der Waals surface area contributed by atoms with Crippen LogP contribution >= 0.6 is 0 Å². The van der Waals surface area contributed by atoms with Crippen molar-refractivity contribution in [3.8, 4) is 12.3 Å². The highest BCUT2D eigenvalue weighted by Crippen LogP contribution is 2.16. The van der Waals surface area contributed by atoms with E-state index in [1.807, 2.05) is 0 Å². The molecule has 0 unspecified atom stereocenters. The van der Waals surface area contributed by atoms with E-state index in [4.69, 9.17) is 11.2 Å². The van der Waals surface area contributed by atoms with Gasteiger partial charge in [-0.05, 0) is 6.42 Å². The largest absolute Gasteiger partial charge is 0.381 e. The molecule has 0 saturated carbocycles. The van der Waals surface area contributed by atoms with Crippen LogP contribution < -0.4 is 10.6 Å². The van der Waals surface area contributed by atoms with Crippen LogP contribution in [0.4, 0.5) is 0 Å². The zero-order chi connectivity index (χ0) is 14.5. The number of carbonyl (C=O) groups excluding carboxylic acids is 2. The molecule has 1 aliphatic heterocycles. The number of hydrogen-bond donors (Lipinski definition) is 2. The Morgan fingerprint density at radius 2 is 2.16 bits per heavy atom. The lowest BCUT2D eigenvalue weighted by Crippen LogP contribution is -2.46. The molecule has 106 valence electrons. The average Bonchev–Trinajstić information content (AvgIpc) is 2.85. The normalized spacial score (nSPS) is 20.4. The highest BCUT2D eigenvalue weighted by Gasteiger charge is 2.26. The third-order valence-corrected chi connectivity index (χ3v) is 3.02. The van der Waals surface area contributed by atoms with E-state index in [0.717, 1.165) is 6.42 Å². The van der Waals surface area contributed by atoms with Gasteiger partial charge in [-0.2, -0.15) is 0 Å². The number of carbonyl (C=O) groups is 2. The van der Waals surface area contributed by atoms with Gasteiger partial charge >= 0.3 is 0 Å². The number of amides is 2. The fourth-order valence-corrected chi connectivity index (χ4v) is 1.76. The molecule has 1 saturated heterocycles. The molecule has 1 rings (SSSR count). The summed E-state index contributed by atoms with van der Waals surface area (Å²) < 4.78 is 5.25. The summed E-state index contributed by atoms with van der Waals surface area (Å²) in [4.78, 5) is 23.4. The molecular weight excluding hydrogens is 244 g/mol. The summed E-state index contributed by atoms with van der Waals surface area (Å²) in [6, 6.07) is -0.332. The van der Waals surface area contributed by atoms with Gasteiger partial charge in [0, 0.05) is 17.9 Å². The first-order valence-electron chi connectivity index (χ1n) is 6.46. The van der Waals surface area contributed by atoms with E-state index in [2.05, 4.69) is 16.6 Å². The Kier molecular flexibility index (Phi) is 5.37. The molecule has 0 aliphatic carbocycles. The molecule has 1 heterocycles. The second-order valence-corrected chi connectivity index (χ2v) is 5.77. The summed E-state index contributed by atoms with van der Waals surface area (Å²) >= 11 is 0. The Hall–Kier alpha value is -1.54. The summed E-state index contributed by atoms with van der Waals surface area (Å²) in [5, 5.41) is 5.34. The zero-order valence-electron chi connectivity index (χ0n) is 11.8. The molecule has 0 aromatic heterocycles. The summed E-state index contributed by atoms with van der Waals surface area (Å²) in [7, 11) is 0. The lowest BCUT2D eigenvalue weighted by molar-refractivity contribution is -0.131. The number of ether oxygens (including phenoxy) is 1. The van der Waals surface area contributed by atoms with Gasteiger partial charge in [-0.3, -0.25) is 9.59 Å². The topological polar surface area (TPSA) is 67.4 Å². The van der Waals surface area contributed by atoms with Crippen LogP contribution in [0.1, 0.15) is 27.2 Å². The Bertz CT molecular complexity index is 373. The van der Waals surface area contributed by atoms with Gasteiger partial charge in [0.1, 0.15) is 0 Å².